The lowest BCUT2D eigenvalue weighted by Crippen LogP contribution is -2.34. The lowest BCUT2D eigenvalue weighted by molar-refractivity contribution is 0.184. The number of benzene rings is 1. The first kappa shape index (κ1) is 17.2. The Morgan fingerprint density at radius 2 is 1.88 bits per heavy atom. The maximum atomic E-state index is 12.4. The first-order valence-electron chi connectivity index (χ1n) is 8.52. The zero-order valence-corrected chi connectivity index (χ0v) is 14.9. The molecule has 6 nitrogen and oxygen atoms in total. The van der Waals surface area contributed by atoms with Gasteiger partial charge in [0.25, 0.3) is 0 Å². The molecular weight excluding hydrogens is 316 g/mol. The van der Waals surface area contributed by atoms with Gasteiger partial charge in [0.1, 0.15) is 6.10 Å². The van der Waals surface area contributed by atoms with E-state index in [0.29, 0.717) is 19.1 Å². The average Bonchev–Trinajstić information content (AvgIpc) is 3.04. The Morgan fingerprint density at radius 1 is 1.20 bits per heavy atom. The summed E-state index contributed by atoms with van der Waals surface area (Å²) in [7, 11) is 0. The number of nitrogens with zero attached hydrogens (tertiary/aromatic N) is 3. The van der Waals surface area contributed by atoms with Crippen LogP contribution in [-0.2, 0) is 5.41 Å². The quantitative estimate of drug-likeness (QED) is 0.929. The van der Waals surface area contributed by atoms with Gasteiger partial charge in [-0.15, -0.1) is 0 Å². The molecule has 3 rings (SSSR count). The number of nitrogens with one attached hydrogen (secondary N) is 1. The van der Waals surface area contributed by atoms with E-state index in [1.807, 2.05) is 12.1 Å². The summed E-state index contributed by atoms with van der Waals surface area (Å²) in [5.74, 6) is 0. The van der Waals surface area contributed by atoms with Gasteiger partial charge in [-0.05, 0) is 29.2 Å². The molecule has 2 aromatic rings. The Bertz CT molecular complexity index is 710. The van der Waals surface area contributed by atoms with Gasteiger partial charge in [-0.1, -0.05) is 32.9 Å². The number of aromatic nitrogens is 2. The molecule has 1 unspecified atom stereocenters. The Hall–Kier alpha value is -2.63. The van der Waals surface area contributed by atoms with E-state index < -0.39 is 0 Å². The van der Waals surface area contributed by atoms with Crippen molar-refractivity contribution in [3.8, 4) is 6.01 Å². The summed E-state index contributed by atoms with van der Waals surface area (Å²) in [6.07, 6.45) is 3.98. The molecule has 1 aliphatic rings. The number of rotatable bonds is 3. The Labute approximate surface area is 148 Å². The van der Waals surface area contributed by atoms with Crippen molar-refractivity contribution < 1.29 is 9.53 Å². The number of urea groups is 1. The fraction of sp³-hybridized carbons (Fsp3) is 0.421. The van der Waals surface area contributed by atoms with Crippen LogP contribution < -0.4 is 10.1 Å². The Balaban J connectivity index is 1.54. The molecule has 132 valence electrons. The molecule has 1 saturated heterocycles. The van der Waals surface area contributed by atoms with E-state index in [1.54, 1.807) is 23.4 Å². The zero-order valence-electron chi connectivity index (χ0n) is 14.9. The van der Waals surface area contributed by atoms with Crippen LogP contribution >= 0.6 is 0 Å². The monoisotopic (exact) mass is 340 g/mol. The van der Waals surface area contributed by atoms with Gasteiger partial charge in [-0.3, -0.25) is 0 Å². The van der Waals surface area contributed by atoms with Crippen molar-refractivity contribution in [3.63, 3.8) is 0 Å². The molecule has 1 fully saturated rings. The summed E-state index contributed by atoms with van der Waals surface area (Å²) in [6, 6.07) is 9.99. The van der Waals surface area contributed by atoms with Gasteiger partial charge in [0.05, 0.1) is 6.54 Å². The molecule has 2 amide bonds. The molecule has 1 aliphatic heterocycles. The molecule has 1 N–H and O–H groups in total. The van der Waals surface area contributed by atoms with Gasteiger partial charge in [0.2, 0.25) is 0 Å². The van der Waals surface area contributed by atoms with Gasteiger partial charge in [0.15, 0.2) is 0 Å². The highest BCUT2D eigenvalue weighted by Crippen LogP contribution is 2.24. The van der Waals surface area contributed by atoms with Crippen molar-refractivity contribution in [2.75, 3.05) is 18.4 Å². The van der Waals surface area contributed by atoms with Crippen molar-refractivity contribution in [3.05, 3.63) is 48.3 Å². The molecule has 0 spiro atoms. The second-order valence-electron chi connectivity index (χ2n) is 7.26. The fourth-order valence-electron chi connectivity index (χ4n) is 2.76. The van der Waals surface area contributed by atoms with E-state index in [2.05, 4.69) is 48.2 Å². The SMILES string of the molecule is CC(C)(C)c1ccc(NC(=O)N2CCC(Oc3ncccn3)C2)cc1. The van der Waals surface area contributed by atoms with Crippen LogP contribution in [0.5, 0.6) is 6.01 Å². The molecule has 6 heteroatoms. The number of hydrogen-bond acceptors (Lipinski definition) is 4. The van der Waals surface area contributed by atoms with Crippen LogP contribution in [0, 0.1) is 0 Å². The van der Waals surface area contributed by atoms with Crippen LogP contribution in [0.4, 0.5) is 10.5 Å². The number of carbonyl (C=O) groups is 1. The highest BCUT2D eigenvalue weighted by atomic mass is 16.5. The second kappa shape index (κ2) is 7.09. The van der Waals surface area contributed by atoms with E-state index in [-0.39, 0.29) is 17.6 Å². The molecule has 25 heavy (non-hydrogen) atoms. The third-order valence-corrected chi connectivity index (χ3v) is 4.25. The van der Waals surface area contributed by atoms with Gasteiger partial charge in [-0.2, -0.15) is 0 Å². The van der Waals surface area contributed by atoms with Crippen LogP contribution in [0.1, 0.15) is 32.8 Å². The smallest absolute Gasteiger partial charge is 0.321 e. The van der Waals surface area contributed by atoms with E-state index in [9.17, 15) is 4.79 Å². The maximum Gasteiger partial charge on any atom is 0.321 e. The minimum Gasteiger partial charge on any atom is -0.458 e. The first-order valence-corrected chi connectivity index (χ1v) is 8.52. The van der Waals surface area contributed by atoms with Gasteiger partial charge >= 0.3 is 12.0 Å². The van der Waals surface area contributed by atoms with E-state index in [4.69, 9.17) is 4.74 Å². The van der Waals surface area contributed by atoms with Gasteiger partial charge in [0, 0.05) is 31.0 Å². The van der Waals surface area contributed by atoms with E-state index >= 15 is 0 Å². The summed E-state index contributed by atoms with van der Waals surface area (Å²) >= 11 is 0. The summed E-state index contributed by atoms with van der Waals surface area (Å²) in [4.78, 5) is 22.3. The Kier molecular flexibility index (Phi) is 4.88. The minimum absolute atomic E-state index is 0.0728. The number of amides is 2. The summed E-state index contributed by atoms with van der Waals surface area (Å²) < 4.78 is 5.72. The van der Waals surface area contributed by atoms with Gasteiger partial charge in [-0.25, -0.2) is 14.8 Å². The largest absolute Gasteiger partial charge is 0.458 e. The van der Waals surface area contributed by atoms with Crippen molar-refractivity contribution in [2.24, 2.45) is 0 Å². The normalized spacial score (nSPS) is 17.4. The maximum absolute atomic E-state index is 12.4. The van der Waals surface area contributed by atoms with Crippen molar-refractivity contribution in [2.45, 2.75) is 38.7 Å². The number of likely N-dealkylation sites (tertiary alicyclic amines) is 1. The number of carbonyl (C=O) groups excluding carboxylic acids is 1. The summed E-state index contributed by atoms with van der Waals surface area (Å²) in [5, 5.41) is 2.95. The molecule has 0 aliphatic carbocycles. The van der Waals surface area contributed by atoms with Gasteiger partial charge < -0.3 is 15.0 Å². The zero-order chi connectivity index (χ0) is 17.9. The molecule has 2 heterocycles. The standard InChI is InChI=1S/C19H24N4O2/c1-19(2,3)14-5-7-15(8-6-14)22-18(24)23-12-9-16(13-23)25-17-20-10-4-11-21-17/h4-8,10-11,16H,9,12-13H2,1-3H3,(H,22,24). The highest BCUT2D eigenvalue weighted by molar-refractivity contribution is 5.89. The number of anilines is 1. The third-order valence-electron chi connectivity index (χ3n) is 4.25. The van der Waals surface area contributed by atoms with Crippen molar-refractivity contribution in [1.29, 1.82) is 0 Å². The van der Waals surface area contributed by atoms with E-state index in [0.717, 1.165) is 12.1 Å². The third kappa shape index (κ3) is 4.47. The average molecular weight is 340 g/mol. The molecular formula is C19H24N4O2. The molecule has 0 saturated carbocycles. The molecule has 1 aromatic carbocycles. The second-order valence-corrected chi connectivity index (χ2v) is 7.26. The van der Waals surface area contributed by atoms with Crippen LogP contribution in [0.15, 0.2) is 42.7 Å². The van der Waals surface area contributed by atoms with Crippen LogP contribution in [-0.4, -0.2) is 40.1 Å². The van der Waals surface area contributed by atoms with Crippen LogP contribution in [0.3, 0.4) is 0 Å². The van der Waals surface area contributed by atoms with Crippen LogP contribution in [0.2, 0.25) is 0 Å². The highest BCUT2D eigenvalue weighted by Gasteiger charge is 2.28. The fourth-order valence-corrected chi connectivity index (χ4v) is 2.76. The first-order chi connectivity index (χ1) is 11.9. The van der Waals surface area contributed by atoms with E-state index in [1.165, 1.54) is 5.56 Å². The molecule has 0 bridgehead atoms. The predicted octanol–water partition coefficient (Wildman–Crippen LogP) is 3.46. The summed E-state index contributed by atoms with van der Waals surface area (Å²) in [5.41, 5.74) is 2.14. The molecule has 0 radical (unpaired) electrons. The predicted molar refractivity (Wildman–Crippen MR) is 96.8 cm³/mol. The van der Waals surface area contributed by atoms with Crippen LogP contribution in [0.25, 0.3) is 0 Å². The number of ether oxygens (including phenoxy) is 1. The molecule has 1 aromatic heterocycles. The topological polar surface area (TPSA) is 67.4 Å². The molecule has 1 atom stereocenters. The van der Waals surface area contributed by atoms with Crippen molar-refractivity contribution in [1.82, 2.24) is 14.9 Å². The minimum atomic E-state index is -0.108. The Morgan fingerprint density at radius 3 is 2.52 bits per heavy atom. The lowest BCUT2D eigenvalue weighted by atomic mass is 9.87. The van der Waals surface area contributed by atoms with Crippen molar-refractivity contribution >= 4 is 11.7 Å². The number of hydrogen-bond donors (Lipinski definition) is 1. The summed E-state index contributed by atoms with van der Waals surface area (Å²) in [6.45, 7) is 7.69. The lowest BCUT2D eigenvalue weighted by Gasteiger charge is -2.20.